The lowest BCUT2D eigenvalue weighted by Gasteiger charge is -2.31. The van der Waals surface area contributed by atoms with Crippen molar-refractivity contribution in [1.82, 2.24) is 5.32 Å². The van der Waals surface area contributed by atoms with Gasteiger partial charge in [-0.2, -0.15) is 0 Å². The number of piperidine rings is 1. The molecule has 0 radical (unpaired) electrons. The predicted molar refractivity (Wildman–Crippen MR) is 52.9 cm³/mol. The SMILES string of the molecule is NC(C1CCCNC1)C1(C(=O)O)CC1. The van der Waals surface area contributed by atoms with E-state index in [1.54, 1.807) is 0 Å². The van der Waals surface area contributed by atoms with Crippen LogP contribution in [0, 0.1) is 11.3 Å². The molecule has 2 unspecified atom stereocenters. The minimum absolute atomic E-state index is 0.159. The fraction of sp³-hybridized carbons (Fsp3) is 0.900. The van der Waals surface area contributed by atoms with Crippen LogP contribution in [0.1, 0.15) is 25.7 Å². The van der Waals surface area contributed by atoms with E-state index in [9.17, 15) is 4.79 Å². The molecule has 4 heteroatoms. The molecule has 14 heavy (non-hydrogen) atoms. The predicted octanol–water partition coefficient (Wildman–Crippen LogP) is 0.178. The molecule has 1 saturated heterocycles. The third-order valence-corrected chi connectivity index (χ3v) is 3.70. The average molecular weight is 198 g/mol. The lowest BCUT2D eigenvalue weighted by molar-refractivity contribution is -0.144. The highest BCUT2D eigenvalue weighted by atomic mass is 16.4. The molecule has 0 spiro atoms. The monoisotopic (exact) mass is 198 g/mol. The maximum Gasteiger partial charge on any atom is 0.311 e. The molecule has 2 aliphatic rings. The maximum absolute atomic E-state index is 11.1. The second kappa shape index (κ2) is 3.51. The Hall–Kier alpha value is -0.610. The quantitative estimate of drug-likeness (QED) is 0.604. The first-order chi connectivity index (χ1) is 6.67. The van der Waals surface area contributed by atoms with Gasteiger partial charge in [0.1, 0.15) is 0 Å². The second-order valence-corrected chi connectivity index (χ2v) is 4.59. The molecule has 4 nitrogen and oxygen atoms in total. The number of carbonyl (C=O) groups is 1. The Morgan fingerprint density at radius 1 is 1.57 bits per heavy atom. The van der Waals surface area contributed by atoms with Gasteiger partial charge < -0.3 is 16.2 Å². The van der Waals surface area contributed by atoms with Gasteiger partial charge in [-0.1, -0.05) is 0 Å². The number of carboxylic acids is 1. The highest BCUT2D eigenvalue weighted by Gasteiger charge is 2.56. The van der Waals surface area contributed by atoms with Crippen LogP contribution in [0.15, 0.2) is 0 Å². The molecule has 1 aliphatic heterocycles. The summed E-state index contributed by atoms with van der Waals surface area (Å²) in [6.45, 7) is 1.93. The Balaban J connectivity index is 1.99. The van der Waals surface area contributed by atoms with Gasteiger partial charge in [0.25, 0.3) is 0 Å². The molecule has 2 atom stereocenters. The standard InChI is InChI=1S/C10H18N2O2/c11-8(7-2-1-5-12-6-7)10(3-4-10)9(13)14/h7-8,12H,1-6,11H2,(H,13,14). The first-order valence-electron chi connectivity index (χ1n) is 5.36. The summed E-state index contributed by atoms with van der Waals surface area (Å²) in [4.78, 5) is 11.1. The molecule has 1 heterocycles. The van der Waals surface area contributed by atoms with Gasteiger partial charge in [0.15, 0.2) is 0 Å². The molecule has 0 bridgehead atoms. The Morgan fingerprint density at radius 2 is 2.29 bits per heavy atom. The van der Waals surface area contributed by atoms with Crippen LogP contribution in [0.25, 0.3) is 0 Å². The second-order valence-electron chi connectivity index (χ2n) is 4.59. The molecule has 1 saturated carbocycles. The van der Waals surface area contributed by atoms with Crippen LogP contribution in [0.4, 0.5) is 0 Å². The molecule has 0 aromatic heterocycles. The van der Waals surface area contributed by atoms with Crippen molar-refractivity contribution in [2.24, 2.45) is 17.1 Å². The molecule has 0 amide bonds. The molecule has 1 aliphatic carbocycles. The van der Waals surface area contributed by atoms with E-state index in [1.807, 2.05) is 0 Å². The Labute approximate surface area is 83.9 Å². The summed E-state index contributed by atoms with van der Waals surface area (Å²) in [5, 5.41) is 12.4. The van der Waals surface area contributed by atoms with E-state index in [1.165, 1.54) is 0 Å². The number of rotatable bonds is 3. The van der Waals surface area contributed by atoms with Crippen LogP contribution in [-0.2, 0) is 4.79 Å². The molecule has 80 valence electrons. The lowest BCUT2D eigenvalue weighted by atomic mass is 9.82. The van der Waals surface area contributed by atoms with E-state index in [4.69, 9.17) is 10.8 Å². The summed E-state index contributed by atoms with van der Waals surface area (Å²) in [5.41, 5.74) is 5.49. The summed E-state index contributed by atoms with van der Waals surface area (Å²) in [5.74, 6) is -0.349. The summed E-state index contributed by atoms with van der Waals surface area (Å²) < 4.78 is 0. The lowest BCUT2D eigenvalue weighted by Crippen LogP contribution is -2.48. The van der Waals surface area contributed by atoms with Gasteiger partial charge in [-0.15, -0.1) is 0 Å². The zero-order chi connectivity index (χ0) is 10.2. The van der Waals surface area contributed by atoms with Crippen molar-refractivity contribution < 1.29 is 9.90 Å². The van der Waals surface area contributed by atoms with Crippen LogP contribution in [0.5, 0.6) is 0 Å². The number of aliphatic carboxylic acids is 1. The van der Waals surface area contributed by atoms with Crippen molar-refractivity contribution in [2.45, 2.75) is 31.7 Å². The first-order valence-corrected chi connectivity index (χ1v) is 5.36. The van der Waals surface area contributed by atoms with Gasteiger partial charge in [-0.05, 0) is 44.7 Å². The van der Waals surface area contributed by atoms with E-state index < -0.39 is 11.4 Å². The van der Waals surface area contributed by atoms with Crippen LogP contribution < -0.4 is 11.1 Å². The van der Waals surface area contributed by atoms with Gasteiger partial charge in [-0.25, -0.2) is 0 Å². The van der Waals surface area contributed by atoms with Crippen molar-refractivity contribution in [3.8, 4) is 0 Å². The summed E-state index contributed by atoms with van der Waals surface area (Å²) in [6.07, 6.45) is 3.72. The minimum Gasteiger partial charge on any atom is -0.481 e. The van der Waals surface area contributed by atoms with Gasteiger partial charge in [-0.3, -0.25) is 4.79 Å². The molecule has 2 rings (SSSR count). The Bertz CT molecular complexity index is 232. The van der Waals surface area contributed by atoms with E-state index in [-0.39, 0.29) is 6.04 Å². The van der Waals surface area contributed by atoms with Gasteiger partial charge in [0.05, 0.1) is 5.41 Å². The first kappa shape index (κ1) is 9.93. The van der Waals surface area contributed by atoms with Crippen LogP contribution in [0.3, 0.4) is 0 Å². The van der Waals surface area contributed by atoms with Crippen LogP contribution in [0.2, 0.25) is 0 Å². The molecular weight excluding hydrogens is 180 g/mol. The molecule has 4 N–H and O–H groups in total. The number of hydrogen-bond acceptors (Lipinski definition) is 3. The largest absolute Gasteiger partial charge is 0.481 e. The number of carboxylic acid groups (broad SMARTS) is 1. The summed E-state index contributed by atoms with van der Waals surface area (Å²) in [7, 11) is 0. The van der Waals surface area contributed by atoms with Crippen LogP contribution in [-0.4, -0.2) is 30.2 Å². The van der Waals surface area contributed by atoms with Crippen molar-refractivity contribution in [3.63, 3.8) is 0 Å². The summed E-state index contributed by atoms with van der Waals surface area (Å²) in [6, 6.07) is -0.159. The van der Waals surface area contributed by atoms with Gasteiger partial charge in [0.2, 0.25) is 0 Å². The van der Waals surface area contributed by atoms with Gasteiger partial charge >= 0.3 is 5.97 Å². The fourth-order valence-corrected chi connectivity index (χ4v) is 2.46. The molecule has 2 fully saturated rings. The highest BCUT2D eigenvalue weighted by molar-refractivity contribution is 5.78. The van der Waals surface area contributed by atoms with Crippen molar-refractivity contribution in [1.29, 1.82) is 0 Å². The number of hydrogen-bond donors (Lipinski definition) is 3. The molecule has 0 aromatic rings. The van der Waals surface area contributed by atoms with Crippen molar-refractivity contribution >= 4 is 5.97 Å². The fourth-order valence-electron chi connectivity index (χ4n) is 2.46. The maximum atomic E-state index is 11.1. The summed E-state index contributed by atoms with van der Waals surface area (Å²) >= 11 is 0. The number of nitrogens with one attached hydrogen (secondary N) is 1. The molecular formula is C10H18N2O2. The van der Waals surface area contributed by atoms with Gasteiger partial charge in [0, 0.05) is 6.04 Å². The van der Waals surface area contributed by atoms with Crippen molar-refractivity contribution in [2.75, 3.05) is 13.1 Å². The molecule has 0 aromatic carbocycles. The third-order valence-electron chi connectivity index (χ3n) is 3.70. The van der Waals surface area contributed by atoms with E-state index in [0.29, 0.717) is 5.92 Å². The minimum atomic E-state index is -0.699. The van der Waals surface area contributed by atoms with Crippen molar-refractivity contribution in [3.05, 3.63) is 0 Å². The van der Waals surface area contributed by atoms with E-state index in [2.05, 4.69) is 5.32 Å². The van der Waals surface area contributed by atoms with E-state index >= 15 is 0 Å². The third kappa shape index (κ3) is 1.53. The van der Waals surface area contributed by atoms with E-state index in [0.717, 1.165) is 38.8 Å². The topological polar surface area (TPSA) is 75.3 Å². The highest BCUT2D eigenvalue weighted by Crippen LogP contribution is 2.50. The zero-order valence-electron chi connectivity index (χ0n) is 8.33. The smallest absolute Gasteiger partial charge is 0.311 e. The Morgan fingerprint density at radius 3 is 2.71 bits per heavy atom. The normalized spacial score (nSPS) is 32.2. The van der Waals surface area contributed by atoms with Crippen LogP contribution >= 0.6 is 0 Å². The average Bonchev–Trinajstić information content (AvgIpc) is 2.99. The number of nitrogens with two attached hydrogens (primary N) is 1. The Kier molecular flexibility index (Phi) is 2.49. The zero-order valence-corrected chi connectivity index (χ0v) is 8.33.